The van der Waals surface area contributed by atoms with Crippen LogP contribution < -0.4 is 0 Å². The summed E-state index contributed by atoms with van der Waals surface area (Å²) in [6.07, 6.45) is 1.04. The van der Waals surface area contributed by atoms with Gasteiger partial charge in [0.2, 0.25) is 0 Å². The van der Waals surface area contributed by atoms with E-state index in [9.17, 15) is 30.0 Å². The normalized spacial score (nSPS) is 13.1. The van der Waals surface area contributed by atoms with Crippen LogP contribution in [0, 0.1) is 11.8 Å². The molecule has 0 heterocycles. The van der Waals surface area contributed by atoms with Crippen molar-refractivity contribution in [1.29, 1.82) is 0 Å². The molecule has 0 saturated heterocycles. The van der Waals surface area contributed by atoms with Crippen molar-refractivity contribution in [3.63, 3.8) is 0 Å². The summed E-state index contributed by atoms with van der Waals surface area (Å²) in [4.78, 5) is 23.0. The van der Waals surface area contributed by atoms with Crippen molar-refractivity contribution in [1.82, 2.24) is 0 Å². The van der Waals surface area contributed by atoms with Crippen LogP contribution >= 0.6 is 0 Å². The molecule has 0 aliphatic carbocycles. The number of aromatic hydroxyl groups is 2. The Morgan fingerprint density at radius 3 is 1.23 bits per heavy atom. The van der Waals surface area contributed by atoms with Gasteiger partial charge in [-0.05, 0) is 61.1 Å². The average Bonchev–Trinajstić information content (AvgIpc) is 2.60. The Bertz CT molecular complexity index is 670. The molecular formula is C20H22O6. The second-order valence-corrected chi connectivity index (χ2v) is 6.39. The third-order valence-corrected chi connectivity index (χ3v) is 4.40. The molecular weight excluding hydrogens is 336 g/mol. The Hall–Kier alpha value is -3.02. The summed E-state index contributed by atoms with van der Waals surface area (Å²) < 4.78 is 0. The highest BCUT2D eigenvalue weighted by Gasteiger charge is 2.24. The zero-order chi connectivity index (χ0) is 19.1. The molecule has 0 spiro atoms. The molecule has 0 aliphatic rings. The number of carboxylic acid groups (broad SMARTS) is 2. The summed E-state index contributed by atoms with van der Waals surface area (Å²) in [5.74, 6) is -3.10. The lowest BCUT2D eigenvalue weighted by Crippen LogP contribution is -2.22. The van der Waals surface area contributed by atoms with Crippen LogP contribution in [0.3, 0.4) is 0 Å². The lowest BCUT2D eigenvalue weighted by molar-refractivity contribution is -0.145. The molecule has 138 valence electrons. The van der Waals surface area contributed by atoms with Gasteiger partial charge in [0.25, 0.3) is 0 Å². The van der Waals surface area contributed by atoms with E-state index < -0.39 is 23.8 Å². The van der Waals surface area contributed by atoms with Gasteiger partial charge >= 0.3 is 11.9 Å². The lowest BCUT2D eigenvalue weighted by Gasteiger charge is -2.17. The van der Waals surface area contributed by atoms with E-state index in [1.54, 1.807) is 24.3 Å². The monoisotopic (exact) mass is 358 g/mol. The van der Waals surface area contributed by atoms with Crippen molar-refractivity contribution in [2.24, 2.45) is 11.8 Å². The molecule has 2 aromatic carbocycles. The van der Waals surface area contributed by atoms with Gasteiger partial charge in [-0.3, -0.25) is 9.59 Å². The molecule has 0 amide bonds. The van der Waals surface area contributed by atoms with Gasteiger partial charge in [-0.1, -0.05) is 24.3 Å². The van der Waals surface area contributed by atoms with Gasteiger partial charge in [-0.2, -0.15) is 0 Å². The van der Waals surface area contributed by atoms with E-state index in [1.807, 2.05) is 0 Å². The number of benzene rings is 2. The van der Waals surface area contributed by atoms with Crippen molar-refractivity contribution in [2.45, 2.75) is 25.7 Å². The van der Waals surface area contributed by atoms with Gasteiger partial charge in [-0.15, -0.1) is 0 Å². The molecule has 0 fully saturated rings. The summed E-state index contributed by atoms with van der Waals surface area (Å²) >= 11 is 0. The molecule has 2 aromatic rings. The van der Waals surface area contributed by atoms with Crippen LogP contribution in [-0.4, -0.2) is 32.4 Å². The van der Waals surface area contributed by atoms with E-state index in [2.05, 4.69) is 0 Å². The van der Waals surface area contributed by atoms with Gasteiger partial charge in [0.05, 0.1) is 11.8 Å². The van der Waals surface area contributed by atoms with Gasteiger partial charge in [0.1, 0.15) is 11.5 Å². The molecule has 26 heavy (non-hydrogen) atoms. The molecule has 0 bridgehead atoms. The van der Waals surface area contributed by atoms with Crippen LogP contribution in [0.1, 0.15) is 24.0 Å². The first-order valence-corrected chi connectivity index (χ1v) is 8.36. The minimum absolute atomic E-state index is 0.112. The molecule has 0 radical (unpaired) electrons. The zero-order valence-corrected chi connectivity index (χ0v) is 14.2. The first-order valence-electron chi connectivity index (χ1n) is 8.36. The number of hydrogen-bond acceptors (Lipinski definition) is 4. The Morgan fingerprint density at radius 1 is 0.654 bits per heavy atom. The second kappa shape index (κ2) is 8.89. The van der Waals surface area contributed by atoms with E-state index in [1.165, 1.54) is 24.3 Å². The van der Waals surface area contributed by atoms with Crippen molar-refractivity contribution >= 4 is 11.9 Å². The molecule has 2 atom stereocenters. The highest BCUT2D eigenvalue weighted by molar-refractivity contribution is 5.72. The summed E-state index contributed by atoms with van der Waals surface area (Å²) in [6.45, 7) is 0. The van der Waals surface area contributed by atoms with Gasteiger partial charge in [0, 0.05) is 0 Å². The Labute approximate surface area is 151 Å². The zero-order valence-electron chi connectivity index (χ0n) is 14.2. The molecule has 0 aliphatic heterocycles. The van der Waals surface area contributed by atoms with Crippen LogP contribution in [0.25, 0.3) is 0 Å². The molecule has 6 heteroatoms. The van der Waals surface area contributed by atoms with Crippen LogP contribution in [-0.2, 0) is 22.4 Å². The maximum Gasteiger partial charge on any atom is 0.306 e. The maximum atomic E-state index is 11.5. The maximum absolute atomic E-state index is 11.5. The number of carboxylic acids is 2. The molecule has 4 N–H and O–H groups in total. The first kappa shape index (κ1) is 19.3. The number of hydrogen-bond donors (Lipinski definition) is 4. The lowest BCUT2D eigenvalue weighted by atomic mass is 9.88. The standard InChI is InChI=1S/C20H22O6/c21-17-7-1-13(2-8-17)11-15(19(23)24)5-6-16(20(25)26)12-14-3-9-18(22)10-4-14/h1-4,7-10,15-16,21-22H,5-6,11-12H2,(H,23,24)(H,25,26)/t15-,16-/m1/s1. The highest BCUT2D eigenvalue weighted by atomic mass is 16.4. The number of rotatable bonds is 9. The summed E-state index contributed by atoms with van der Waals surface area (Å²) in [5.41, 5.74) is 1.56. The third kappa shape index (κ3) is 5.81. The van der Waals surface area contributed by atoms with Crippen LogP contribution in [0.15, 0.2) is 48.5 Å². The first-order chi connectivity index (χ1) is 12.3. The van der Waals surface area contributed by atoms with Crippen LogP contribution in [0.2, 0.25) is 0 Å². The van der Waals surface area contributed by atoms with E-state index in [-0.39, 0.29) is 37.2 Å². The molecule has 0 saturated carbocycles. The number of carbonyl (C=O) groups is 2. The van der Waals surface area contributed by atoms with Gasteiger partial charge < -0.3 is 20.4 Å². The number of aliphatic carboxylic acids is 2. The van der Waals surface area contributed by atoms with Crippen molar-refractivity contribution in [3.05, 3.63) is 59.7 Å². The minimum Gasteiger partial charge on any atom is -0.508 e. The van der Waals surface area contributed by atoms with E-state index in [0.717, 1.165) is 11.1 Å². The van der Waals surface area contributed by atoms with E-state index >= 15 is 0 Å². The Morgan fingerprint density at radius 2 is 0.962 bits per heavy atom. The fraction of sp³-hybridized carbons (Fsp3) is 0.300. The number of phenolic OH excluding ortho intramolecular Hbond substituents is 2. The van der Waals surface area contributed by atoms with Gasteiger partial charge in [-0.25, -0.2) is 0 Å². The molecule has 0 aromatic heterocycles. The average molecular weight is 358 g/mol. The van der Waals surface area contributed by atoms with Crippen molar-refractivity contribution in [3.8, 4) is 11.5 Å². The van der Waals surface area contributed by atoms with Crippen LogP contribution in [0.5, 0.6) is 11.5 Å². The fourth-order valence-corrected chi connectivity index (χ4v) is 2.86. The summed E-state index contributed by atoms with van der Waals surface area (Å²) in [7, 11) is 0. The van der Waals surface area contributed by atoms with Gasteiger partial charge in [0.15, 0.2) is 0 Å². The van der Waals surface area contributed by atoms with Crippen LogP contribution in [0.4, 0.5) is 0 Å². The molecule has 6 nitrogen and oxygen atoms in total. The topological polar surface area (TPSA) is 115 Å². The van der Waals surface area contributed by atoms with Crippen molar-refractivity contribution < 1.29 is 30.0 Å². The Kier molecular flexibility index (Phi) is 6.60. The van der Waals surface area contributed by atoms with E-state index in [0.29, 0.717) is 0 Å². The fourth-order valence-electron chi connectivity index (χ4n) is 2.86. The molecule has 2 rings (SSSR count). The number of phenols is 2. The molecule has 0 unspecified atom stereocenters. The summed E-state index contributed by atoms with van der Waals surface area (Å²) in [5, 5.41) is 37.5. The predicted molar refractivity (Wildman–Crippen MR) is 95.1 cm³/mol. The third-order valence-electron chi connectivity index (χ3n) is 4.40. The minimum atomic E-state index is -0.966. The smallest absolute Gasteiger partial charge is 0.306 e. The largest absolute Gasteiger partial charge is 0.508 e. The predicted octanol–water partition coefficient (Wildman–Crippen LogP) is 3.06. The SMILES string of the molecule is O=C(O)[C@H](CC[C@H](Cc1ccc(O)cc1)C(=O)O)Cc1ccc(O)cc1. The summed E-state index contributed by atoms with van der Waals surface area (Å²) in [6, 6.07) is 12.6. The van der Waals surface area contributed by atoms with Crippen molar-refractivity contribution in [2.75, 3.05) is 0 Å². The second-order valence-electron chi connectivity index (χ2n) is 6.39. The quantitative estimate of drug-likeness (QED) is 0.548. The van der Waals surface area contributed by atoms with E-state index in [4.69, 9.17) is 0 Å². The Balaban J connectivity index is 1.99. The highest BCUT2D eigenvalue weighted by Crippen LogP contribution is 2.23.